The van der Waals surface area contributed by atoms with Crippen molar-refractivity contribution >= 4 is 56.5 Å². The summed E-state index contributed by atoms with van der Waals surface area (Å²) in [7, 11) is 0. The van der Waals surface area contributed by atoms with Crippen molar-refractivity contribution in [1.29, 1.82) is 0 Å². The fraction of sp³-hybridized carbons (Fsp3) is 0.105. The maximum absolute atomic E-state index is 12.2. The van der Waals surface area contributed by atoms with Crippen LogP contribution >= 0.6 is 22.7 Å². The predicted octanol–water partition coefficient (Wildman–Crippen LogP) is 4.05. The fourth-order valence-corrected chi connectivity index (χ4v) is 4.12. The number of allylic oxidation sites excluding steroid dienone is 1. The Balaban J connectivity index is 2.00. The number of hydrogen-bond acceptors (Lipinski definition) is 4. The molecule has 0 saturated heterocycles. The van der Waals surface area contributed by atoms with Crippen LogP contribution in [-0.2, 0) is 16.1 Å². The molecule has 5 nitrogen and oxygen atoms in total. The number of nitrogens with zero attached hydrogens (tertiary/aromatic N) is 2. The third-order valence-electron chi connectivity index (χ3n) is 3.45. The Morgan fingerprint density at radius 1 is 1.35 bits per heavy atom. The van der Waals surface area contributed by atoms with Crippen LogP contribution in [-0.4, -0.2) is 16.4 Å². The molecule has 132 valence electrons. The van der Waals surface area contributed by atoms with E-state index in [0.717, 1.165) is 15.1 Å². The van der Waals surface area contributed by atoms with Gasteiger partial charge in [0.2, 0.25) is 5.91 Å². The molecule has 3 aromatic rings. The van der Waals surface area contributed by atoms with Crippen LogP contribution in [0.25, 0.3) is 16.3 Å². The molecule has 7 heteroatoms. The lowest BCUT2D eigenvalue weighted by molar-refractivity contribution is -0.114. The highest BCUT2D eigenvalue weighted by Gasteiger charge is 2.08. The summed E-state index contributed by atoms with van der Waals surface area (Å²) in [5.74, 6) is -0.441. The van der Waals surface area contributed by atoms with E-state index in [1.54, 1.807) is 23.5 Å². The second-order valence-corrected chi connectivity index (χ2v) is 7.43. The van der Waals surface area contributed by atoms with Crippen LogP contribution in [0.2, 0.25) is 0 Å². The largest absolute Gasteiger partial charge is 0.326 e. The number of thiophene rings is 1. The zero-order valence-corrected chi connectivity index (χ0v) is 15.8. The number of carbonyl (C=O) groups excluding carboxylic acids is 2. The molecule has 0 unspecified atom stereocenters. The summed E-state index contributed by atoms with van der Waals surface area (Å²) in [4.78, 5) is 29.3. The molecule has 1 N–H and O–H groups in total. The fourth-order valence-electron chi connectivity index (χ4n) is 2.42. The van der Waals surface area contributed by atoms with Crippen LogP contribution in [0, 0.1) is 0 Å². The Hall–Kier alpha value is -2.77. The lowest BCUT2D eigenvalue weighted by Crippen LogP contribution is -2.15. The van der Waals surface area contributed by atoms with E-state index in [9.17, 15) is 9.59 Å². The second kappa shape index (κ2) is 8.07. The first-order chi connectivity index (χ1) is 12.6. The number of fused-ring (bicyclic) bond motifs is 1. The molecule has 26 heavy (non-hydrogen) atoms. The minimum Gasteiger partial charge on any atom is -0.326 e. The molecule has 0 saturated carbocycles. The smallest absolute Gasteiger partial charge is 0.272 e. The number of hydrogen-bond donors (Lipinski definition) is 1. The van der Waals surface area contributed by atoms with Crippen molar-refractivity contribution in [3.05, 3.63) is 64.1 Å². The van der Waals surface area contributed by atoms with Crippen molar-refractivity contribution in [2.75, 3.05) is 5.32 Å². The third kappa shape index (κ3) is 4.25. The van der Waals surface area contributed by atoms with E-state index in [1.165, 1.54) is 24.3 Å². The summed E-state index contributed by atoms with van der Waals surface area (Å²) >= 11 is 2.96. The Labute approximate surface area is 158 Å². The van der Waals surface area contributed by atoms with Crippen LogP contribution in [0.3, 0.4) is 0 Å². The Morgan fingerprint density at radius 2 is 2.19 bits per heavy atom. The van der Waals surface area contributed by atoms with E-state index in [1.807, 2.05) is 40.3 Å². The molecule has 3 rings (SSSR count). The van der Waals surface area contributed by atoms with Crippen LogP contribution < -0.4 is 10.1 Å². The number of carbonyl (C=O) groups is 2. The molecule has 0 aliphatic carbocycles. The van der Waals surface area contributed by atoms with Gasteiger partial charge < -0.3 is 9.88 Å². The molecule has 0 aliphatic rings. The van der Waals surface area contributed by atoms with E-state index < -0.39 is 0 Å². The van der Waals surface area contributed by atoms with Gasteiger partial charge in [0.15, 0.2) is 4.80 Å². The molecule has 2 amide bonds. The minimum absolute atomic E-state index is 0.126. The molecule has 0 bridgehead atoms. The minimum atomic E-state index is -0.315. The quantitative estimate of drug-likeness (QED) is 0.534. The van der Waals surface area contributed by atoms with E-state index in [4.69, 9.17) is 0 Å². The van der Waals surface area contributed by atoms with Crippen molar-refractivity contribution in [3.8, 4) is 0 Å². The van der Waals surface area contributed by atoms with Gasteiger partial charge >= 0.3 is 0 Å². The molecule has 0 radical (unpaired) electrons. The topological polar surface area (TPSA) is 63.5 Å². The van der Waals surface area contributed by atoms with Gasteiger partial charge in [-0.1, -0.05) is 23.5 Å². The van der Waals surface area contributed by atoms with Gasteiger partial charge in [-0.15, -0.1) is 17.9 Å². The average Bonchev–Trinajstić information content (AvgIpc) is 3.21. The lowest BCUT2D eigenvalue weighted by atomic mass is 10.3. The Kier molecular flexibility index (Phi) is 5.60. The van der Waals surface area contributed by atoms with E-state index in [2.05, 4.69) is 16.9 Å². The van der Waals surface area contributed by atoms with Crippen molar-refractivity contribution < 1.29 is 9.59 Å². The molecule has 0 fully saturated rings. The van der Waals surface area contributed by atoms with Crippen molar-refractivity contribution in [2.24, 2.45) is 4.99 Å². The maximum Gasteiger partial charge on any atom is 0.272 e. The van der Waals surface area contributed by atoms with Gasteiger partial charge in [-0.25, -0.2) is 0 Å². The maximum atomic E-state index is 12.2. The molecule has 0 atom stereocenters. The highest BCUT2D eigenvalue weighted by Crippen LogP contribution is 2.22. The standard InChI is InChI=1S/C19H17N3O2S2/c1-3-10-22-16-8-6-14(20-13(2)23)12-17(16)26-19(22)21-18(24)9-7-15-5-4-11-25-15/h3-9,11-12H,1,10H2,2H3,(H,20,23). The zero-order valence-electron chi connectivity index (χ0n) is 14.1. The molecule has 0 spiro atoms. The van der Waals surface area contributed by atoms with Crippen LogP contribution in [0.15, 0.2) is 59.4 Å². The molecular weight excluding hydrogens is 366 g/mol. The molecular formula is C19H17N3O2S2. The number of rotatable bonds is 5. The number of aromatic nitrogens is 1. The number of anilines is 1. The van der Waals surface area contributed by atoms with Gasteiger partial charge in [0.1, 0.15) is 0 Å². The molecule has 2 heterocycles. The number of benzene rings is 1. The first-order valence-electron chi connectivity index (χ1n) is 7.89. The van der Waals surface area contributed by atoms with Gasteiger partial charge in [-0.05, 0) is 35.7 Å². The highest BCUT2D eigenvalue weighted by molar-refractivity contribution is 7.16. The summed E-state index contributed by atoms with van der Waals surface area (Å²) in [6.07, 6.45) is 4.99. The van der Waals surface area contributed by atoms with Crippen LogP contribution in [0.1, 0.15) is 11.8 Å². The average molecular weight is 383 g/mol. The predicted molar refractivity (Wildman–Crippen MR) is 108 cm³/mol. The summed E-state index contributed by atoms with van der Waals surface area (Å²) in [5, 5.41) is 4.72. The third-order valence-corrected chi connectivity index (χ3v) is 5.33. The summed E-state index contributed by atoms with van der Waals surface area (Å²) in [5.41, 5.74) is 1.66. The van der Waals surface area contributed by atoms with Crippen molar-refractivity contribution in [1.82, 2.24) is 4.57 Å². The van der Waals surface area contributed by atoms with Crippen molar-refractivity contribution in [2.45, 2.75) is 13.5 Å². The van der Waals surface area contributed by atoms with Gasteiger partial charge in [0.05, 0.1) is 10.2 Å². The van der Waals surface area contributed by atoms with E-state index in [-0.39, 0.29) is 11.8 Å². The monoisotopic (exact) mass is 383 g/mol. The molecule has 2 aromatic heterocycles. The zero-order chi connectivity index (χ0) is 18.5. The van der Waals surface area contributed by atoms with Gasteiger partial charge in [0, 0.05) is 30.1 Å². The summed E-state index contributed by atoms with van der Waals surface area (Å²) in [6.45, 7) is 5.79. The SMILES string of the molecule is C=CCn1c(=NC(=O)C=Cc2cccs2)sc2cc(NC(C)=O)ccc21. The summed E-state index contributed by atoms with van der Waals surface area (Å²) in [6, 6.07) is 9.49. The number of amides is 2. The van der Waals surface area contributed by atoms with Crippen LogP contribution in [0.5, 0.6) is 0 Å². The van der Waals surface area contributed by atoms with Gasteiger partial charge in [-0.2, -0.15) is 4.99 Å². The summed E-state index contributed by atoms with van der Waals surface area (Å²) < 4.78 is 2.87. The van der Waals surface area contributed by atoms with Gasteiger partial charge in [-0.3, -0.25) is 9.59 Å². The number of nitrogens with one attached hydrogen (secondary N) is 1. The van der Waals surface area contributed by atoms with Crippen molar-refractivity contribution in [3.63, 3.8) is 0 Å². The molecule has 1 aromatic carbocycles. The first kappa shape index (κ1) is 18.0. The highest BCUT2D eigenvalue weighted by atomic mass is 32.1. The van der Waals surface area contributed by atoms with Gasteiger partial charge in [0.25, 0.3) is 5.91 Å². The normalized spacial score (nSPS) is 12.0. The van der Waals surface area contributed by atoms with E-state index in [0.29, 0.717) is 17.0 Å². The van der Waals surface area contributed by atoms with Crippen LogP contribution in [0.4, 0.5) is 5.69 Å². The first-order valence-corrected chi connectivity index (χ1v) is 9.58. The second-order valence-electron chi connectivity index (χ2n) is 5.45. The number of thiazole rings is 1. The molecule has 0 aliphatic heterocycles. The Bertz CT molecular complexity index is 1060. The lowest BCUT2D eigenvalue weighted by Gasteiger charge is -2.03. The Morgan fingerprint density at radius 3 is 2.88 bits per heavy atom. The van der Waals surface area contributed by atoms with E-state index >= 15 is 0 Å².